The Morgan fingerprint density at radius 1 is 0.727 bits per heavy atom. The first-order valence-corrected chi connectivity index (χ1v) is 10.0. The first-order chi connectivity index (χ1) is 15.9. The second kappa shape index (κ2) is 9.43. The molecule has 0 atom stereocenters. The second-order valence-electron chi connectivity index (χ2n) is 7.42. The summed E-state index contributed by atoms with van der Waals surface area (Å²) in [7, 11) is 1.54. The zero-order valence-corrected chi connectivity index (χ0v) is 17.5. The van der Waals surface area contributed by atoms with Crippen LogP contribution in [-0.2, 0) is 11.2 Å². The summed E-state index contributed by atoms with van der Waals surface area (Å²) in [6.45, 7) is 0.429. The highest BCUT2D eigenvalue weighted by molar-refractivity contribution is 5.84. The Labute approximate surface area is 187 Å². The van der Waals surface area contributed by atoms with Crippen molar-refractivity contribution in [2.45, 2.75) is 6.42 Å². The van der Waals surface area contributed by atoms with Crippen molar-refractivity contribution in [2.75, 3.05) is 13.7 Å². The average Bonchev–Trinajstić information content (AvgIpc) is 2.79. The molecule has 6 heteroatoms. The Balaban J connectivity index is 1.65. The number of ether oxygens (including phenoxy) is 1. The number of hydrogen-bond acceptors (Lipinski definition) is 1. The second-order valence-corrected chi connectivity index (χ2v) is 7.42. The SMILES string of the molecule is COCCc1ccc(-c2cc(F)c(C#Cc3ccc4c(F)c(F)ccc4c3)c(F)c2)c(F)c1. The zero-order chi connectivity index (χ0) is 23.5. The normalized spacial score (nSPS) is 10.8. The molecule has 4 aromatic carbocycles. The van der Waals surface area contributed by atoms with Gasteiger partial charge in [0.05, 0.1) is 12.2 Å². The van der Waals surface area contributed by atoms with Crippen LogP contribution in [0, 0.1) is 40.9 Å². The number of fused-ring (bicyclic) bond motifs is 1. The van der Waals surface area contributed by atoms with Gasteiger partial charge in [-0.3, -0.25) is 0 Å². The minimum Gasteiger partial charge on any atom is -0.384 e. The Morgan fingerprint density at radius 3 is 2.18 bits per heavy atom. The molecule has 0 fully saturated rings. The summed E-state index contributed by atoms with van der Waals surface area (Å²) in [6, 6.07) is 13.2. The molecule has 0 aliphatic heterocycles. The standard InChI is InChI=1S/C27H17F5O/c1-33-11-10-17-2-6-20(24(29)13-17)19-14-25(30)22(26(31)15-19)8-4-16-3-7-21-18(12-16)5-9-23(28)27(21)32/h2-3,5-7,9,12-15H,10-11H2,1H3. The van der Waals surface area contributed by atoms with Gasteiger partial charge in [-0.15, -0.1) is 0 Å². The van der Waals surface area contributed by atoms with Crippen LogP contribution in [0.5, 0.6) is 0 Å². The molecule has 0 aromatic heterocycles. The lowest BCUT2D eigenvalue weighted by atomic mass is 10.00. The van der Waals surface area contributed by atoms with Crippen LogP contribution in [0.1, 0.15) is 16.7 Å². The maximum absolute atomic E-state index is 14.7. The highest BCUT2D eigenvalue weighted by Crippen LogP contribution is 2.28. The lowest BCUT2D eigenvalue weighted by Crippen LogP contribution is -1.97. The number of hydrogen-bond donors (Lipinski definition) is 0. The van der Waals surface area contributed by atoms with Crippen molar-refractivity contribution in [3.05, 3.63) is 106 Å². The number of benzene rings is 4. The van der Waals surface area contributed by atoms with E-state index < -0.39 is 34.6 Å². The lowest BCUT2D eigenvalue weighted by molar-refractivity contribution is 0.202. The number of methoxy groups -OCH3 is 1. The maximum Gasteiger partial charge on any atom is 0.166 e. The topological polar surface area (TPSA) is 9.23 Å². The zero-order valence-electron chi connectivity index (χ0n) is 17.5. The molecule has 0 spiro atoms. The predicted molar refractivity (Wildman–Crippen MR) is 117 cm³/mol. The van der Waals surface area contributed by atoms with E-state index >= 15 is 0 Å². The molecule has 0 amide bonds. The molecule has 0 saturated heterocycles. The van der Waals surface area contributed by atoms with E-state index in [1.54, 1.807) is 13.2 Å². The van der Waals surface area contributed by atoms with Gasteiger partial charge in [0.15, 0.2) is 11.6 Å². The smallest absolute Gasteiger partial charge is 0.166 e. The van der Waals surface area contributed by atoms with Crippen molar-refractivity contribution in [3.63, 3.8) is 0 Å². The van der Waals surface area contributed by atoms with Crippen LogP contribution in [-0.4, -0.2) is 13.7 Å². The first-order valence-electron chi connectivity index (χ1n) is 10.0. The molecule has 0 saturated carbocycles. The molecule has 0 unspecified atom stereocenters. The summed E-state index contributed by atoms with van der Waals surface area (Å²) in [6.07, 6.45) is 0.515. The summed E-state index contributed by atoms with van der Waals surface area (Å²) in [5.74, 6) is 0.665. The van der Waals surface area contributed by atoms with E-state index in [4.69, 9.17) is 4.74 Å². The van der Waals surface area contributed by atoms with E-state index in [1.807, 2.05) is 0 Å². The molecular weight excluding hydrogens is 435 g/mol. The van der Waals surface area contributed by atoms with Crippen LogP contribution >= 0.6 is 0 Å². The minimum atomic E-state index is -0.973. The highest BCUT2D eigenvalue weighted by Gasteiger charge is 2.14. The van der Waals surface area contributed by atoms with Crippen LogP contribution in [0.15, 0.2) is 60.7 Å². The fourth-order valence-corrected chi connectivity index (χ4v) is 3.49. The summed E-state index contributed by atoms with van der Waals surface area (Å²) in [4.78, 5) is 0. The van der Waals surface area contributed by atoms with Gasteiger partial charge < -0.3 is 4.74 Å². The van der Waals surface area contributed by atoms with E-state index in [9.17, 15) is 22.0 Å². The molecule has 0 N–H and O–H groups in total. The maximum atomic E-state index is 14.7. The first kappa shape index (κ1) is 22.5. The third-order valence-electron chi connectivity index (χ3n) is 5.22. The van der Waals surface area contributed by atoms with E-state index in [2.05, 4.69) is 11.8 Å². The molecule has 0 heterocycles. The van der Waals surface area contributed by atoms with E-state index in [0.717, 1.165) is 18.2 Å². The van der Waals surface area contributed by atoms with Crippen molar-refractivity contribution in [2.24, 2.45) is 0 Å². The largest absolute Gasteiger partial charge is 0.384 e. The number of rotatable bonds is 4. The summed E-state index contributed by atoms with van der Waals surface area (Å²) in [5, 5.41) is 0.485. The third kappa shape index (κ3) is 4.74. The van der Waals surface area contributed by atoms with E-state index in [1.165, 1.54) is 36.4 Å². The van der Waals surface area contributed by atoms with Crippen LogP contribution in [0.4, 0.5) is 22.0 Å². The Morgan fingerprint density at radius 2 is 1.48 bits per heavy atom. The quantitative estimate of drug-likeness (QED) is 0.245. The summed E-state index contributed by atoms with van der Waals surface area (Å²) in [5.41, 5.74) is 0.724. The van der Waals surface area contributed by atoms with Crippen molar-refractivity contribution in [3.8, 4) is 23.0 Å². The van der Waals surface area contributed by atoms with E-state index in [0.29, 0.717) is 29.5 Å². The fourth-order valence-electron chi connectivity index (χ4n) is 3.49. The monoisotopic (exact) mass is 452 g/mol. The van der Waals surface area contributed by atoms with Crippen LogP contribution in [0.25, 0.3) is 21.9 Å². The molecule has 0 aliphatic rings. The molecule has 0 bridgehead atoms. The molecule has 33 heavy (non-hydrogen) atoms. The molecule has 4 aromatic rings. The van der Waals surface area contributed by atoms with Crippen molar-refractivity contribution in [1.82, 2.24) is 0 Å². The predicted octanol–water partition coefficient (Wildman–Crippen LogP) is 6.79. The molecule has 0 aliphatic carbocycles. The third-order valence-corrected chi connectivity index (χ3v) is 5.22. The van der Waals surface area contributed by atoms with Gasteiger partial charge in [-0.2, -0.15) is 0 Å². The fraction of sp³-hybridized carbons (Fsp3) is 0.111. The molecule has 4 rings (SSSR count). The lowest BCUT2D eigenvalue weighted by Gasteiger charge is -2.08. The molecule has 1 nitrogen and oxygen atoms in total. The molecular formula is C27H17F5O. The van der Waals surface area contributed by atoms with Gasteiger partial charge in [-0.1, -0.05) is 36.1 Å². The van der Waals surface area contributed by atoms with Crippen molar-refractivity contribution in [1.29, 1.82) is 0 Å². The molecule has 0 radical (unpaired) electrons. The van der Waals surface area contributed by atoms with Gasteiger partial charge in [-0.05, 0) is 59.3 Å². The minimum absolute atomic E-state index is 0.0505. The molecule has 166 valence electrons. The van der Waals surface area contributed by atoms with Gasteiger partial charge in [0.25, 0.3) is 0 Å². The Kier molecular flexibility index (Phi) is 6.43. The van der Waals surface area contributed by atoms with Gasteiger partial charge in [0.2, 0.25) is 0 Å². The Bertz CT molecular complexity index is 1390. The van der Waals surface area contributed by atoms with Crippen LogP contribution in [0.2, 0.25) is 0 Å². The van der Waals surface area contributed by atoms with Gasteiger partial charge in [0, 0.05) is 23.6 Å². The van der Waals surface area contributed by atoms with Crippen molar-refractivity contribution >= 4 is 10.8 Å². The summed E-state index contributed by atoms with van der Waals surface area (Å²) < 4.78 is 76.0. The van der Waals surface area contributed by atoms with Gasteiger partial charge in [-0.25, -0.2) is 22.0 Å². The average molecular weight is 452 g/mol. The van der Waals surface area contributed by atoms with Gasteiger partial charge >= 0.3 is 0 Å². The summed E-state index contributed by atoms with van der Waals surface area (Å²) >= 11 is 0. The van der Waals surface area contributed by atoms with Crippen LogP contribution in [0.3, 0.4) is 0 Å². The highest BCUT2D eigenvalue weighted by atomic mass is 19.2. The van der Waals surface area contributed by atoms with E-state index in [-0.39, 0.29) is 16.5 Å². The number of halogens is 5. The van der Waals surface area contributed by atoms with Gasteiger partial charge in [0.1, 0.15) is 17.5 Å². The Hall–Kier alpha value is -3.69. The van der Waals surface area contributed by atoms with Crippen molar-refractivity contribution < 1.29 is 26.7 Å². The van der Waals surface area contributed by atoms with Crippen LogP contribution < -0.4 is 0 Å².